The third-order valence-electron chi connectivity index (χ3n) is 0.429. The summed E-state index contributed by atoms with van der Waals surface area (Å²) in [6.45, 7) is 0. The molecule has 0 saturated heterocycles. The summed E-state index contributed by atoms with van der Waals surface area (Å²) in [5.41, 5.74) is 0. The molecule has 0 aliphatic carbocycles. The maximum absolute atomic E-state index is 10.8. The van der Waals surface area contributed by atoms with E-state index in [4.69, 9.17) is 0 Å². The van der Waals surface area contributed by atoms with E-state index in [2.05, 4.69) is 0 Å². The Morgan fingerprint density at radius 2 is 1.44 bits per heavy atom. The normalized spacial score (nSPS) is 11.2. The number of allylic oxidation sites excluding steroid dienone is 1. The second-order valence-electron chi connectivity index (χ2n) is 1.09. The van der Waals surface area contributed by atoms with E-state index in [9.17, 15) is 27.1 Å². The molecule has 0 spiro atoms. The quantitative estimate of drug-likeness (QED) is 0.370. The molecule has 0 aromatic carbocycles. The third kappa shape index (κ3) is 2.29. The number of alkyl halides is 3. The minimum absolute atomic E-state index is 3.08. The first-order chi connectivity index (χ1) is 3.85. The molecule has 0 N–H and O–H groups in total. The van der Waals surface area contributed by atoms with E-state index in [1.807, 2.05) is 0 Å². The Morgan fingerprint density at radius 1 is 1.11 bits per heavy atom. The molecule has 0 aromatic heterocycles. The van der Waals surface area contributed by atoms with Gasteiger partial charge in [-0.05, 0) is 0 Å². The van der Waals surface area contributed by atoms with Crippen molar-refractivity contribution in [3.05, 3.63) is 11.8 Å². The van der Waals surface area contributed by atoms with Crippen LogP contribution < -0.4 is 5.11 Å². The van der Waals surface area contributed by atoms with E-state index >= 15 is 0 Å². The molecule has 0 rings (SSSR count). The largest absolute Gasteiger partial charge is 0.866 e. The maximum atomic E-state index is 10.8. The van der Waals surface area contributed by atoms with Crippen LogP contribution in [-0.4, -0.2) is 6.18 Å². The van der Waals surface area contributed by atoms with Gasteiger partial charge in [-0.3, -0.25) is 0 Å². The van der Waals surface area contributed by atoms with Crippen molar-refractivity contribution < 1.29 is 27.1 Å². The first-order valence-electron chi connectivity index (χ1n) is 1.65. The topological polar surface area (TPSA) is 23.1 Å². The van der Waals surface area contributed by atoms with Crippen LogP contribution >= 0.6 is 0 Å². The van der Waals surface area contributed by atoms with Crippen molar-refractivity contribution in [3.8, 4) is 0 Å². The molecule has 54 valence electrons. The zero-order chi connectivity index (χ0) is 7.65. The average Bonchev–Trinajstić information content (AvgIpc) is 1.62. The van der Waals surface area contributed by atoms with Gasteiger partial charge in [-0.15, -0.1) is 0 Å². The molecule has 0 aromatic rings. The Balaban J connectivity index is 4.40. The average molecular weight is 147 g/mol. The van der Waals surface area contributed by atoms with Gasteiger partial charge in [0.2, 0.25) is 0 Å². The molecule has 0 saturated carbocycles. The Kier molecular flexibility index (Phi) is 2.00. The number of hydrogen-bond acceptors (Lipinski definition) is 1. The third-order valence-corrected chi connectivity index (χ3v) is 0.429. The summed E-state index contributed by atoms with van der Waals surface area (Å²) in [5, 5.41) is 9.25. The zero-order valence-electron chi connectivity index (χ0n) is 3.80. The summed E-state index contributed by atoms with van der Waals surface area (Å²) >= 11 is 0. The predicted octanol–water partition coefficient (Wildman–Crippen LogP) is 1.02. The number of halogens is 5. The molecule has 1 nitrogen and oxygen atoms in total. The fourth-order valence-electron chi connectivity index (χ4n) is 0.107. The van der Waals surface area contributed by atoms with Crippen molar-refractivity contribution in [1.82, 2.24) is 0 Å². The lowest BCUT2D eigenvalue weighted by molar-refractivity contribution is -0.365. The van der Waals surface area contributed by atoms with Gasteiger partial charge in [0.05, 0.1) is 0 Å². The highest BCUT2D eigenvalue weighted by Crippen LogP contribution is 2.24. The van der Waals surface area contributed by atoms with Crippen LogP contribution in [0.3, 0.4) is 0 Å². The SMILES string of the molecule is [O-]C(=C(F)F)C(F)(F)F. The molecule has 0 aliphatic heterocycles. The standard InChI is InChI=1S/C3HF5O/c4-2(5)1(9)3(6,7)8/h9H/p-1. The van der Waals surface area contributed by atoms with Crippen LogP contribution in [-0.2, 0) is 0 Å². The first-order valence-corrected chi connectivity index (χ1v) is 1.65. The molecular formula is C3F5O-. The second-order valence-corrected chi connectivity index (χ2v) is 1.09. The molecule has 0 heterocycles. The number of hydrogen-bond donors (Lipinski definition) is 0. The van der Waals surface area contributed by atoms with Gasteiger partial charge < -0.3 is 5.11 Å². The molecule has 9 heavy (non-hydrogen) atoms. The molecule has 0 aliphatic rings. The smallest absolute Gasteiger partial charge is 0.407 e. The monoisotopic (exact) mass is 147 g/mol. The van der Waals surface area contributed by atoms with Gasteiger partial charge in [-0.2, -0.15) is 22.0 Å². The van der Waals surface area contributed by atoms with Gasteiger partial charge in [0.25, 0.3) is 6.08 Å². The number of rotatable bonds is 0. The Labute approximate surface area is 46.4 Å². The van der Waals surface area contributed by atoms with Crippen molar-refractivity contribution in [2.75, 3.05) is 0 Å². The van der Waals surface area contributed by atoms with Gasteiger partial charge >= 0.3 is 6.18 Å². The highest BCUT2D eigenvalue weighted by atomic mass is 19.4. The van der Waals surface area contributed by atoms with Crippen molar-refractivity contribution in [2.45, 2.75) is 6.18 Å². The van der Waals surface area contributed by atoms with Gasteiger partial charge in [-0.25, -0.2) is 0 Å². The lowest BCUT2D eigenvalue weighted by atomic mass is 10.5. The first kappa shape index (κ1) is 8.19. The molecule has 0 unspecified atom stereocenters. The summed E-state index contributed by atoms with van der Waals surface area (Å²) in [7, 11) is 0. The van der Waals surface area contributed by atoms with Crippen LogP contribution in [0.5, 0.6) is 0 Å². The minimum atomic E-state index is -5.45. The lowest BCUT2D eigenvalue weighted by Gasteiger charge is -2.12. The highest BCUT2D eigenvalue weighted by molar-refractivity contribution is 4.96. The van der Waals surface area contributed by atoms with Crippen LogP contribution in [0.15, 0.2) is 11.8 Å². The second kappa shape index (κ2) is 2.20. The van der Waals surface area contributed by atoms with E-state index in [1.165, 1.54) is 0 Å². The Morgan fingerprint density at radius 3 is 1.44 bits per heavy atom. The molecule has 0 fully saturated rings. The Hall–Kier alpha value is -0.810. The van der Waals surface area contributed by atoms with Crippen LogP contribution in [0.2, 0.25) is 0 Å². The molecule has 6 heteroatoms. The van der Waals surface area contributed by atoms with Crippen molar-refractivity contribution in [3.63, 3.8) is 0 Å². The van der Waals surface area contributed by atoms with Crippen LogP contribution in [0.4, 0.5) is 22.0 Å². The van der Waals surface area contributed by atoms with Crippen LogP contribution in [0, 0.1) is 0 Å². The Bertz CT molecular complexity index is 130. The molecule has 0 amide bonds. The molecule has 0 radical (unpaired) electrons. The van der Waals surface area contributed by atoms with Crippen LogP contribution in [0.25, 0.3) is 0 Å². The summed E-state index contributed by atoms with van der Waals surface area (Å²) < 4.78 is 54.1. The van der Waals surface area contributed by atoms with Crippen LogP contribution in [0.1, 0.15) is 0 Å². The molecule has 0 bridgehead atoms. The van der Waals surface area contributed by atoms with Gasteiger partial charge in [-0.1, -0.05) is 0 Å². The van der Waals surface area contributed by atoms with Gasteiger partial charge in [0.1, 0.15) is 0 Å². The lowest BCUT2D eigenvalue weighted by Crippen LogP contribution is -2.23. The van der Waals surface area contributed by atoms with E-state index in [-0.39, 0.29) is 0 Å². The fourth-order valence-corrected chi connectivity index (χ4v) is 0.107. The van der Waals surface area contributed by atoms with Crippen molar-refractivity contribution >= 4 is 0 Å². The van der Waals surface area contributed by atoms with E-state index in [0.717, 1.165) is 0 Å². The minimum Gasteiger partial charge on any atom is -0.866 e. The zero-order valence-corrected chi connectivity index (χ0v) is 3.80. The van der Waals surface area contributed by atoms with E-state index in [0.29, 0.717) is 0 Å². The van der Waals surface area contributed by atoms with E-state index < -0.39 is 18.0 Å². The summed E-state index contributed by atoms with van der Waals surface area (Å²) in [4.78, 5) is 0. The summed E-state index contributed by atoms with van der Waals surface area (Å²) in [6, 6.07) is 0. The highest BCUT2D eigenvalue weighted by Gasteiger charge is 2.29. The summed E-state index contributed by atoms with van der Waals surface area (Å²) in [6.07, 6.45) is -8.68. The maximum Gasteiger partial charge on any atom is 0.407 e. The summed E-state index contributed by atoms with van der Waals surface area (Å²) in [5.74, 6) is -3.08. The predicted molar refractivity (Wildman–Crippen MR) is 15.3 cm³/mol. The van der Waals surface area contributed by atoms with Gasteiger partial charge in [0.15, 0.2) is 0 Å². The fraction of sp³-hybridized carbons (Fsp3) is 0.333. The van der Waals surface area contributed by atoms with Crippen molar-refractivity contribution in [1.29, 1.82) is 0 Å². The van der Waals surface area contributed by atoms with E-state index in [1.54, 1.807) is 0 Å². The molecule has 0 atom stereocenters. The molecular weight excluding hydrogens is 147 g/mol. The van der Waals surface area contributed by atoms with Crippen molar-refractivity contribution in [2.24, 2.45) is 0 Å². The van der Waals surface area contributed by atoms with Gasteiger partial charge in [0, 0.05) is 5.76 Å².